The summed E-state index contributed by atoms with van der Waals surface area (Å²) < 4.78 is 0. The Morgan fingerprint density at radius 1 is 0.542 bits per heavy atom. The molecule has 0 bridgehead atoms. The van der Waals surface area contributed by atoms with E-state index < -0.39 is 0 Å². The third-order valence-electron chi connectivity index (χ3n) is 9.92. The summed E-state index contributed by atoms with van der Waals surface area (Å²) in [4.78, 5) is 0. The first-order valence-corrected chi connectivity index (χ1v) is 18.8. The molecule has 0 radical (unpaired) electrons. The Bertz CT molecular complexity index is 1230. The van der Waals surface area contributed by atoms with Gasteiger partial charge in [-0.3, -0.25) is 10.6 Å². The first-order valence-electron chi connectivity index (χ1n) is 18.8. The second kappa shape index (κ2) is 20.8. The van der Waals surface area contributed by atoms with Crippen LogP contribution in [0.3, 0.4) is 0 Å². The van der Waals surface area contributed by atoms with Crippen LogP contribution in [0.4, 0.5) is 0 Å². The maximum atomic E-state index is 6.64. The van der Waals surface area contributed by atoms with Crippen molar-refractivity contribution in [3.63, 3.8) is 0 Å². The molecule has 0 fully saturated rings. The van der Waals surface area contributed by atoms with Gasteiger partial charge in [0.2, 0.25) is 0 Å². The molecule has 266 valence electrons. The maximum absolute atomic E-state index is 6.64. The standard InChI is InChI=1S/C42H68N6/c1-8-31(9-2)29-45-20-14-22-47-40(43)35-18-12-16-33(24-35)37-26-38(28-39(27-37)42(5,6)7)34-17-13-19-36(25-34)41(44)48-23-15-21-46-30-32(10-3)11-4/h12-13,16-19,24-28,31-32,40-41,45-48H,8-11,14-15,20-23,29-30,43-44H2,1-7H3. The lowest BCUT2D eigenvalue weighted by Crippen LogP contribution is -2.32. The van der Waals surface area contributed by atoms with Crippen LogP contribution in [0, 0.1) is 11.8 Å². The predicted octanol–water partition coefficient (Wildman–Crippen LogP) is 8.24. The van der Waals surface area contributed by atoms with Gasteiger partial charge >= 0.3 is 0 Å². The molecular formula is C42H68N6. The molecule has 2 unspecified atom stereocenters. The summed E-state index contributed by atoms with van der Waals surface area (Å²) >= 11 is 0. The zero-order valence-electron chi connectivity index (χ0n) is 31.3. The summed E-state index contributed by atoms with van der Waals surface area (Å²) in [7, 11) is 0. The summed E-state index contributed by atoms with van der Waals surface area (Å²) in [5, 5.41) is 14.3. The van der Waals surface area contributed by atoms with Gasteiger partial charge in [0.15, 0.2) is 0 Å². The predicted molar refractivity (Wildman–Crippen MR) is 209 cm³/mol. The molecule has 3 aromatic rings. The van der Waals surface area contributed by atoms with E-state index in [2.05, 4.69) is 136 Å². The molecule has 3 aromatic carbocycles. The number of hydrogen-bond acceptors (Lipinski definition) is 6. The molecule has 0 amide bonds. The Labute approximate surface area is 293 Å². The van der Waals surface area contributed by atoms with Crippen molar-refractivity contribution in [2.45, 2.75) is 105 Å². The van der Waals surface area contributed by atoms with Crippen molar-refractivity contribution in [2.75, 3.05) is 39.3 Å². The fourth-order valence-electron chi connectivity index (χ4n) is 6.16. The summed E-state index contributed by atoms with van der Waals surface area (Å²) in [6.45, 7) is 21.9. The normalized spacial score (nSPS) is 13.4. The fourth-order valence-corrected chi connectivity index (χ4v) is 6.16. The van der Waals surface area contributed by atoms with Crippen LogP contribution in [0.5, 0.6) is 0 Å². The van der Waals surface area contributed by atoms with Crippen molar-refractivity contribution in [1.82, 2.24) is 21.3 Å². The van der Waals surface area contributed by atoms with Gasteiger partial charge in [0.05, 0.1) is 12.3 Å². The maximum Gasteiger partial charge on any atom is 0.0810 e. The number of rotatable bonds is 22. The van der Waals surface area contributed by atoms with Gasteiger partial charge in [0.1, 0.15) is 0 Å². The molecule has 0 aliphatic carbocycles. The zero-order valence-corrected chi connectivity index (χ0v) is 31.3. The van der Waals surface area contributed by atoms with Crippen LogP contribution in [0.1, 0.15) is 116 Å². The number of nitrogens with one attached hydrogen (secondary N) is 4. The lowest BCUT2D eigenvalue weighted by Gasteiger charge is -2.22. The number of nitrogens with two attached hydrogens (primary N) is 2. The molecule has 0 aliphatic heterocycles. The monoisotopic (exact) mass is 657 g/mol. The van der Waals surface area contributed by atoms with Crippen molar-refractivity contribution in [1.29, 1.82) is 0 Å². The molecule has 48 heavy (non-hydrogen) atoms. The average Bonchev–Trinajstić information content (AvgIpc) is 3.10. The highest BCUT2D eigenvalue weighted by atomic mass is 15.0. The van der Waals surface area contributed by atoms with Gasteiger partial charge < -0.3 is 22.1 Å². The fraction of sp³-hybridized carbons (Fsp3) is 0.571. The van der Waals surface area contributed by atoms with Gasteiger partial charge in [0, 0.05) is 0 Å². The average molecular weight is 657 g/mol. The molecule has 0 saturated heterocycles. The highest BCUT2D eigenvalue weighted by molar-refractivity contribution is 5.75. The number of hydrogen-bond donors (Lipinski definition) is 6. The second-order valence-corrected chi connectivity index (χ2v) is 14.6. The second-order valence-electron chi connectivity index (χ2n) is 14.6. The van der Waals surface area contributed by atoms with E-state index in [1.165, 1.54) is 53.5 Å². The third-order valence-corrected chi connectivity index (χ3v) is 9.92. The molecule has 2 atom stereocenters. The quantitative estimate of drug-likeness (QED) is 0.0481. The Balaban J connectivity index is 1.69. The first-order chi connectivity index (χ1) is 23.1. The van der Waals surface area contributed by atoms with E-state index in [4.69, 9.17) is 11.5 Å². The third kappa shape index (κ3) is 13.0. The van der Waals surface area contributed by atoms with Crippen molar-refractivity contribution in [3.05, 3.63) is 83.4 Å². The van der Waals surface area contributed by atoms with E-state index in [-0.39, 0.29) is 17.7 Å². The van der Waals surface area contributed by atoms with Crippen LogP contribution >= 0.6 is 0 Å². The van der Waals surface area contributed by atoms with Gasteiger partial charge in [-0.1, -0.05) is 123 Å². The summed E-state index contributed by atoms with van der Waals surface area (Å²) in [5.74, 6) is 1.54. The van der Waals surface area contributed by atoms with Crippen molar-refractivity contribution in [2.24, 2.45) is 23.3 Å². The van der Waals surface area contributed by atoms with E-state index in [9.17, 15) is 0 Å². The topological polar surface area (TPSA) is 100 Å². The molecular weight excluding hydrogens is 589 g/mol. The molecule has 0 spiro atoms. The highest BCUT2D eigenvalue weighted by Gasteiger charge is 2.18. The number of benzene rings is 3. The van der Waals surface area contributed by atoms with Crippen LogP contribution in [-0.4, -0.2) is 39.3 Å². The van der Waals surface area contributed by atoms with E-state index in [1.54, 1.807) is 0 Å². The molecule has 3 rings (SSSR count). The zero-order chi connectivity index (χ0) is 34.9. The van der Waals surface area contributed by atoms with Crippen LogP contribution < -0.4 is 32.7 Å². The van der Waals surface area contributed by atoms with Gasteiger partial charge in [-0.15, -0.1) is 0 Å². The van der Waals surface area contributed by atoms with Crippen molar-refractivity contribution >= 4 is 0 Å². The van der Waals surface area contributed by atoms with Crippen LogP contribution in [0.25, 0.3) is 22.3 Å². The molecule has 0 heterocycles. The van der Waals surface area contributed by atoms with E-state index in [0.29, 0.717) is 0 Å². The Kier molecular flexibility index (Phi) is 17.3. The Hall–Kier alpha value is -2.58. The molecule has 6 heteroatoms. The molecule has 0 aromatic heterocycles. The lowest BCUT2D eigenvalue weighted by molar-refractivity contribution is 0.441. The molecule has 0 saturated carbocycles. The van der Waals surface area contributed by atoms with Crippen molar-refractivity contribution in [3.8, 4) is 22.3 Å². The SMILES string of the molecule is CCC(CC)CNCCCNC(N)c1cccc(-c2cc(-c3cccc(C(N)NCCCNCC(CC)CC)c3)cc(C(C)(C)C)c2)c1. The van der Waals surface area contributed by atoms with E-state index in [0.717, 1.165) is 75.1 Å². The van der Waals surface area contributed by atoms with Crippen molar-refractivity contribution < 1.29 is 0 Å². The Morgan fingerprint density at radius 2 is 0.958 bits per heavy atom. The lowest BCUT2D eigenvalue weighted by atomic mass is 9.83. The van der Waals surface area contributed by atoms with Crippen LogP contribution in [-0.2, 0) is 5.41 Å². The minimum atomic E-state index is -0.208. The molecule has 0 aliphatic rings. The first kappa shape index (κ1) is 39.9. The summed E-state index contributed by atoms with van der Waals surface area (Å²) in [5.41, 5.74) is 21.5. The van der Waals surface area contributed by atoms with E-state index in [1.807, 2.05) is 0 Å². The minimum Gasteiger partial charge on any atom is -0.316 e. The Morgan fingerprint density at radius 3 is 1.33 bits per heavy atom. The van der Waals surface area contributed by atoms with Crippen LogP contribution in [0.2, 0.25) is 0 Å². The summed E-state index contributed by atoms with van der Waals surface area (Å²) in [6.07, 6.45) is 6.63. The van der Waals surface area contributed by atoms with E-state index >= 15 is 0 Å². The minimum absolute atomic E-state index is 0.000515. The van der Waals surface area contributed by atoms with Crippen LogP contribution in [0.15, 0.2) is 66.7 Å². The largest absolute Gasteiger partial charge is 0.316 e. The van der Waals surface area contributed by atoms with Gasteiger partial charge in [-0.25, -0.2) is 0 Å². The molecule has 6 nitrogen and oxygen atoms in total. The van der Waals surface area contributed by atoms with Gasteiger partial charge in [-0.05, 0) is 127 Å². The van der Waals surface area contributed by atoms with Gasteiger partial charge in [0.25, 0.3) is 0 Å². The highest BCUT2D eigenvalue weighted by Crippen LogP contribution is 2.34. The smallest absolute Gasteiger partial charge is 0.0810 e. The molecule has 8 N–H and O–H groups in total. The summed E-state index contributed by atoms with van der Waals surface area (Å²) in [6, 6.07) is 24.3. The van der Waals surface area contributed by atoms with Gasteiger partial charge in [-0.2, -0.15) is 0 Å².